The van der Waals surface area contributed by atoms with Gasteiger partial charge in [0.1, 0.15) is 23.3 Å². The monoisotopic (exact) mass is 978 g/mol. The first-order chi connectivity index (χ1) is 31.5. The highest BCUT2D eigenvalue weighted by molar-refractivity contribution is 7.13. The largest absolute Gasteiger partial charge is 0.462 e. The number of amides is 4. The number of likely N-dealkylation sites (tertiary alicyclic amines) is 1. The van der Waals surface area contributed by atoms with Gasteiger partial charge in [-0.25, -0.2) is 19.4 Å². The molecule has 0 aliphatic carbocycles. The molecule has 68 heavy (non-hydrogen) atoms. The zero-order valence-corrected chi connectivity index (χ0v) is 45.3. The smallest absolute Gasteiger partial charge is 0.411 e. The number of aryl methyl sites for hydroxylation is 1. The minimum absolute atomic E-state index is 0.0272. The van der Waals surface area contributed by atoms with Gasteiger partial charge in [0.15, 0.2) is 8.32 Å². The van der Waals surface area contributed by atoms with E-state index in [1.807, 2.05) is 63.5 Å². The van der Waals surface area contributed by atoms with Crippen LogP contribution < -0.4 is 5.32 Å². The number of nitrogens with one attached hydrogen (secondary N) is 1. The molecule has 4 rings (SSSR count). The summed E-state index contributed by atoms with van der Waals surface area (Å²) >= 11 is 1.58. The van der Waals surface area contributed by atoms with Gasteiger partial charge >= 0.3 is 18.2 Å². The molecule has 0 saturated carbocycles. The van der Waals surface area contributed by atoms with Gasteiger partial charge in [0.25, 0.3) is 0 Å². The third-order valence-corrected chi connectivity index (χ3v) is 17.6. The molecule has 1 aliphatic heterocycles. The van der Waals surface area contributed by atoms with Gasteiger partial charge in [0.05, 0.1) is 34.4 Å². The van der Waals surface area contributed by atoms with Crippen LogP contribution in [0.2, 0.25) is 18.1 Å². The van der Waals surface area contributed by atoms with E-state index < -0.39 is 67.2 Å². The number of unbranched alkanes of at least 4 members (excludes halogenated alkanes) is 2. The molecule has 3 atom stereocenters. The van der Waals surface area contributed by atoms with Crippen molar-refractivity contribution in [2.75, 3.05) is 32.8 Å². The lowest BCUT2D eigenvalue weighted by molar-refractivity contribution is -0.146. The second kappa shape index (κ2) is 23.2. The van der Waals surface area contributed by atoms with Crippen LogP contribution in [0.5, 0.6) is 0 Å². The minimum atomic E-state index is -2.35. The molecule has 376 valence electrons. The molecule has 1 aliphatic rings. The van der Waals surface area contributed by atoms with E-state index in [-0.39, 0.29) is 56.7 Å². The number of thiazole rings is 1. The van der Waals surface area contributed by atoms with Crippen molar-refractivity contribution < 1.29 is 42.6 Å². The SMILES string of the molecule is Cc1ncsc1-c1ccc(CNC(=O)[C@@H]2C[C@@H](O[Si](C)(C)C(C)(C)C)CN2C(=O)[C@@H](N(CCN(CCCCCOC(=O)c2ccccc2)C(=O)OC(C)(C)C)C(=O)OC(C)(C)C)C(C)(C)C)cc1. The van der Waals surface area contributed by atoms with E-state index in [2.05, 4.69) is 44.2 Å². The molecule has 0 bridgehead atoms. The highest BCUT2D eigenvalue weighted by atomic mass is 32.1. The maximum Gasteiger partial charge on any atom is 0.411 e. The number of carbonyl (C=O) groups excluding carboxylic acids is 5. The molecule has 1 aromatic heterocycles. The summed E-state index contributed by atoms with van der Waals surface area (Å²) in [6.07, 6.45) is 0.371. The van der Waals surface area contributed by atoms with Crippen LogP contribution in [0.3, 0.4) is 0 Å². The van der Waals surface area contributed by atoms with Gasteiger partial charge in [0, 0.05) is 39.1 Å². The highest BCUT2D eigenvalue weighted by Gasteiger charge is 2.50. The summed E-state index contributed by atoms with van der Waals surface area (Å²) < 4.78 is 24.2. The number of carbonyl (C=O) groups is 5. The molecule has 1 fully saturated rings. The Labute approximate surface area is 410 Å². The average molecular weight is 978 g/mol. The summed E-state index contributed by atoms with van der Waals surface area (Å²) in [6, 6.07) is 14.8. The number of benzene rings is 2. The van der Waals surface area contributed by atoms with Crippen LogP contribution in [-0.2, 0) is 34.8 Å². The topological polar surface area (TPSA) is 157 Å². The van der Waals surface area contributed by atoms with Gasteiger partial charge in [-0.05, 0) is 115 Å². The zero-order valence-electron chi connectivity index (χ0n) is 43.4. The Hall–Kier alpha value is -4.80. The molecule has 2 heterocycles. The summed E-state index contributed by atoms with van der Waals surface area (Å²) in [6.45, 7) is 29.9. The van der Waals surface area contributed by atoms with Crippen molar-refractivity contribution in [1.82, 2.24) is 25.0 Å². The molecule has 1 saturated heterocycles. The second-order valence-electron chi connectivity index (χ2n) is 22.4. The number of hydrogen-bond donors (Lipinski definition) is 1. The van der Waals surface area contributed by atoms with Crippen molar-refractivity contribution in [2.24, 2.45) is 5.41 Å². The Morgan fingerprint density at radius 2 is 1.43 bits per heavy atom. The first-order valence-electron chi connectivity index (χ1n) is 23.9. The summed E-state index contributed by atoms with van der Waals surface area (Å²) in [5.41, 5.74) is 2.65. The van der Waals surface area contributed by atoms with E-state index in [1.165, 1.54) is 4.90 Å². The normalized spacial score (nSPS) is 16.2. The number of esters is 1. The van der Waals surface area contributed by atoms with E-state index in [0.29, 0.717) is 24.8 Å². The van der Waals surface area contributed by atoms with Gasteiger partial charge < -0.3 is 33.8 Å². The molecule has 3 aromatic rings. The van der Waals surface area contributed by atoms with Crippen molar-refractivity contribution in [3.05, 3.63) is 76.9 Å². The minimum Gasteiger partial charge on any atom is -0.462 e. The van der Waals surface area contributed by atoms with Crippen LogP contribution in [0, 0.1) is 12.3 Å². The van der Waals surface area contributed by atoms with Crippen LogP contribution in [0.4, 0.5) is 9.59 Å². The van der Waals surface area contributed by atoms with E-state index in [1.54, 1.807) is 86.9 Å². The molecule has 2 aromatic carbocycles. The Morgan fingerprint density at radius 3 is 1.99 bits per heavy atom. The Kier molecular flexibility index (Phi) is 19.0. The third-order valence-electron chi connectivity index (χ3n) is 12.1. The molecule has 14 nitrogen and oxygen atoms in total. The quantitative estimate of drug-likeness (QED) is 0.0563. The fourth-order valence-corrected chi connectivity index (χ4v) is 9.83. The Morgan fingerprint density at radius 1 is 0.809 bits per heavy atom. The van der Waals surface area contributed by atoms with Gasteiger partial charge in [-0.2, -0.15) is 0 Å². The predicted octanol–water partition coefficient (Wildman–Crippen LogP) is 10.6. The molecular formula is C52H79N5O9SSi. The number of ether oxygens (including phenoxy) is 3. The summed E-state index contributed by atoms with van der Waals surface area (Å²) in [7, 11) is -2.35. The second-order valence-corrected chi connectivity index (χ2v) is 28.0. The van der Waals surface area contributed by atoms with E-state index in [9.17, 15) is 19.2 Å². The molecule has 0 radical (unpaired) electrons. The van der Waals surface area contributed by atoms with Crippen LogP contribution in [0.1, 0.15) is 130 Å². The summed E-state index contributed by atoms with van der Waals surface area (Å²) in [5.74, 6) is -1.12. The van der Waals surface area contributed by atoms with Gasteiger partial charge in [-0.15, -0.1) is 11.3 Å². The van der Waals surface area contributed by atoms with Gasteiger partial charge in [-0.3, -0.25) is 14.5 Å². The summed E-state index contributed by atoms with van der Waals surface area (Å²) in [4.78, 5) is 80.6. The third kappa shape index (κ3) is 16.4. The fourth-order valence-electron chi connectivity index (χ4n) is 7.66. The van der Waals surface area contributed by atoms with Gasteiger partial charge in [-0.1, -0.05) is 84.0 Å². The molecule has 1 N–H and O–H groups in total. The van der Waals surface area contributed by atoms with Crippen molar-refractivity contribution in [3.8, 4) is 10.4 Å². The lowest BCUT2D eigenvalue weighted by atomic mass is 9.84. The first kappa shape index (κ1) is 55.8. The van der Waals surface area contributed by atoms with Crippen LogP contribution in [0.15, 0.2) is 60.1 Å². The Bertz CT molecular complexity index is 2150. The van der Waals surface area contributed by atoms with Crippen molar-refractivity contribution in [2.45, 2.75) is 170 Å². The van der Waals surface area contributed by atoms with Crippen LogP contribution in [0.25, 0.3) is 10.4 Å². The number of nitrogens with zero attached hydrogens (tertiary/aromatic N) is 4. The maximum absolute atomic E-state index is 15.5. The highest BCUT2D eigenvalue weighted by Crippen LogP contribution is 2.40. The first-order valence-corrected chi connectivity index (χ1v) is 27.7. The standard InChI is InChI=1S/C52H79N5O9SSi/c1-36-42(67-35-54-36)38-26-24-37(25-27-38)33-53-44(58)41-32-40(66-68(14,15)52(11,12)13)34-57(41)45(59)43(49(2,3)4)56(48(62)65-51(8,9)10)30-29-55(47(61)64-50(5,6)7)28-20-17-21-31-63-46(60)39-22-18-16-19-23-39/h16,18-19,22-27,35,40-41,43H,17,20-21,28-34H2,1-15H3,(H,53,58)/t40-,41+,43-/m1/s1. The number of rotatable bonds is 18. The molecule has 16 heteroatoms. The van der Waals surface area contributed by atoms with Crippen LogP contribution in [-0.4, -0.2) is 120 Å². The van der Waals surface area contributed by atoms with Gasteiger partial charge in [0.2, 0.25) is 11.8 Å². The molecular weight excluding hydrogens is 899 g/mol. The lowest BCUT2D eigenvalue weighted by Crippen LogP contribution is -2.60. The lowest BCUT2D eigenvalue weighted by Gasteiger charge is -2.42. The maximum atomic E-state index is 15.5. The zero-order chi connectivity index (χ0) is 50.8. The molecule has 0 unspecified atom stereocenters. The predicted molar refractivity (Wildman–Crippen MR) is 271 cm³/mol. The molecule has 0 spiro atoms. The Balaban J connectivity index is 1.61. The average Bonchev–Trinajstić information content (AvgIpc) is 3.85. The van der Waals surface area contributed by atoms with Crippen molar-refractivity contribution >= 4 is 49.6 Å². The van der Waals surface area contributed by atoms with Crippen LogP contribution >= 0.6 is 11.3 Å². The van der Waals surface area contributed by atoms with E-state index >= 15 is 4.79 Å². The molecule has 4 amide bonds. The number of hydrogen-bond acceptors (Lipinski definition) is 11. The summed E-state index contributed by atoms with van der Waals surface area (Å²) in [5, 5.41) is 2.99. The van der Waals surface area contributed by atoms with Crippen molar-refractivity contribution in [1.29, 1.82) is 0 Å². The van der Waals surface area contributed by atoms with E-state index in [4.69, 9.17) is 18.6 Å². The number of aromatic nitrogens is 1. The fraction of sp³-hybridized carbons (Fsp3) is 0.615. The van der Waals surface area contributed by atoms with Crippen molar-refractivity contribution in [3.63, 3.8) is 0 Å². The van der Waals surface area contributed by atoms with E-state index in [0.717, 1.165) is 21.7 Å².